The number of nitrogens with one attached hydrogen (secondary N) is 2. The minimum atomic E-state index is -4.16. The Morgan fingerprint density at radius 2 is 1.46 bits per heavy atom. The Kier molecular flexibility index (Phi) is 9.24. The van der Waals surface area contributed by atoms with Gasteiger partial charge >= 0.3 is 17.3 Å². The second-order valence-corrected chi connectivity index (χ2v) is 14.3. The molecular formula is C32H24N6O9S3. The number of nitro benzene ring substituents is 2. The van der Waals surface area contributed by atoms with Crippen LogP contribution in [0.1, 0.15) is 32.6 Å². The van der Waals surface area contributed by atoms with Crippen LogP contribution in [0.2, 0.25) is 0 Å². The number of aromatic nitrogens is 1. The van der Waals surface area contributed by atoms with Gasteiger partial charge in [0.2, 0.25) is 5.69 Å². The molecule has 0 unspecified atom stereocenters. The van der Waals surface area contributed by atoms with Crippen LogP contribution in [0.4, 0.5) is 39.3 Å². The first-order valence-corrected chi connectivity index (χ1v) is 17.7. The van der Waals surface area contributed by atoms with Gasteiger partial charge in [-0.3, -0.25) is 34.6 Å². The number of fused-ring (bicyclic) bond motifs is 2. The monoisotopic (exact) mass is 732 g/mol. The zero-order valence-corrected chi connectivity index (χ0v) is 28.4. The summed E-state index contributed by atoms with van der Waals surface area (Å²) in [6.45, 7) is 3.32. The number of anilines is 5. The number of esters is 1. The molecule has 18 heteroatoms. The largest absolute Gasteiger partial charge is 0.462 e. The summed E-state index contributed by atoms with van der Waals surface area (Å²) in [4.78, 5) is 55.8. The lowest BCUT2D eigenvalue weighted by atomic mass is 10.1. The standard InChI is InChI=1S/C32H24N6O9S3/c1-3-47-31(40)29-18(2)33-32(49-29)35-50(45,46)21-14-12-20(13-15-21)34-30(39)19-16-24(37(41)42)28(25(17-19)38(43)44)36-22-8-4-6-10-26(22)48-27-11-7-5-9-23(27)36/h4-17H,3H2,1-2H3,(H,33,35)(H,34,39). The number of hydrogen-bond acceptors (Lipinski definition) is 13. The SMILES string of the molecule is CCOC(=O)c1sc(NS(=O)(=O)c2ccc(NC(=O)c3cc([N+](=O)[O-])c(N4c5ccccc5Sc5ccccc54)c([N+](=O)[O-])c3)cc2)nc1C. The molecule has 50 heavy (non-hydrogen) atoms. The molecule has 0 atom stereocenters. The molecule has 0 fully saturated rings. The van der Waals surface area contributed by atoms with Crippen LogP contribution in [-0.2, 0) is 14.8 Å². The molecule has 0 saturated heterocycles. The van der Waals surface area contributed by atoms with Crippen molar-refractivity contribution in [3.63, 3.8) is 0 Å². The first kappa shape index (κ1) is 34.0. The summed E-state index contributed by atoms with van der Waals surface area (Å²) in [5, 5.41) is 27.4. The Morgan fingerprint density at radius 1 is 0.900 bits per heavy atom. The third kappa shape index (κ3) is 6.58. The number of sulfonamides is 1. The lowest BCUT2D eigenvalue weighted by Gasteiger charge is -2.32. The highest BCUT2D eigenvalue weighted by Gasteiger charge is 2.37. The molecule has 1 aliphatic heterocycles. The zero-order valence-electron chi connectivity index (χ0n) is 26.0. The maximum Gasteiger partial charge on any atom is 0.350 e. The van der Waals surface area contributed by atoms with Crippen molar-refractivity contribution in [2.24, 2.45) is 0 Å². The molecule has 5 aromatic rings. The highest BCUT2D eigenvalue weighted by molar-refractivity contribution is 7.99. The van der Waals surface area contributed by atoms with Crippen molar-refractivity contribution in [2.75, 3.05) is 21.5 Å². The van der Waals surface area contributed by atoms with Crippen LogP contribution >= 0.6 is 23.1 Å². The molecule has 0 radical (unpaired) electrons. The van der Waals surface area contributed by atoms with E-state index in [1.54, 1.807) is 62.4 Å². The van der Waals surface area contributed by atoms with E-state index in [0.29, 0.717) is 17.1 Å². The second-order valence-electron chi connectivity index (χ2n) is 10.5. The van der Waals surface area contributed by atoms with Crippen LogP contribution in [0.25, 0.3) is 0 Å². The van der Waals surface area contributed by atoms with Crippen LogP contribution in [0.3, 0.4) is 0 Å². The molecule has 0 aliphatic carbocycles. The summed E-state index contributed by atoms with van der Waals surface area (Å²) < 4.78 is 33.3. The predicted octanol–water partition coefficient (Wildman–Crippen LogP) is 7.43. The van der Waals surface area contributed by atoms with Crippen molar-refractivity contribution in [1.29, 1.82) is 0 Å². The number of hydrogen-bond donors (Lipinski definition) is 2. The zero-order chi connectivity index (χ0) is 35.7. The number of amides is 1. The van der Waals surface area contributed by atoms with Gasteiger partial charge in [0, 0.05) is 27.6 Å². The molecule has 6 rings (SSSR count). The smallest absolute Gasteiger partial charge is 0.350 e. The van der Waals surface area contributed by atoms with E-state index in [9.17, 15) is 38.2 Å². The fourth-order valence-electron chi connectivity index (χ4n) is 5.11. The lowest BCUT2D eigenvalue weighted by molar-refractivity contribution is -0.392. The summed E-state index contributed by atoms with van der Waals surface area (Å²) in [5.41, 5.74) is -0.634. The second kappa shape index (κ2) is 13.6. The van der Waals surface area contributed by atoms with E-state index in [1.807, 2.05) is 0 Å². The van der Waals surface area contributed by atoms with E-state index in [1.165, 1.54) is 40.9 Å². The topological polar surface area (TPSA) is 204 Å². The predicted molar refractivity (Wildman–Crippen MR) is 187 cm³/mol. The van der Waals surface area contributed by atoms with Gasteiger partial charge in [0.25, 0.3) is 15.9 Å². The lowest BCUT2D eigenvalue weighted by Crippen LogP contribution is -2.19. The fourth-order valence-corrected chi connectivity index (χ4v) is 8.26. The number of rotatable bonds is 10. The Balaban J connectivity index is 1.29. The molecule has 1 aromatic heterocycles. The third-order valence-electron chi connectivity index (χ3n) is 7.28. The summed E-state index contributed by atoms with van der Waals surface area (Å²) in [5.74, 6) is -1.53. The molecule has 254 valence electrons. The number of benzene rings is 4. The van der Waals surface area contributed by atoms with Gasteiger partial charge in [-0.15, -0.1) is 0 Å². The van der Waals surface area contributed by atoms with Crippen molar-refractivity contribution >= 4 is 84.3 Å². The molecular weight excluding hydrogens is 709 g/mol. The van der Waals surface area contributed by atoms with Gasteiger partial charge in [0.05, 0.1) is 44.0 Å². The number of ether oxygens (including phenoxy) is 1. The maximum absolute atomic E-state index is 13.4. The number of nitrogens with zero attached hydrogens (tertiary/aromatic N) is 4. The first-order chi connectivity index (χ1) is 23.9. The van der Waals surface area contributed by atoms with Gasteiger partial charge < -0.3 is 10.1 Å². The van der Waals surface area contributed by atoms with Gasteiger partial charge in [0.15, 0.2) is 5.13 Å². The van der Waals surface area contributed by atoms with Gasteiger partial charge in [-0.1, -0.05) is 47.4 Å². The Hall–Kier alpha value is -5.85. The highest BCUT2D eigenvalue weighted by Crippen LogP contribution is 2.55. The van der Waals surface area contributed by atoms with Crippen LogP contribution in [-0.4, -0.2) is 41.7 Å². The summed E-state index contributed by atoms with van der Waals surface area (Å²) in [6, 6.07) is 20.9. The molecule has 0 spiro atoms. The number of aryl methyl sites for hydroxylation is 1. The Morgan fingerprint density at radius 3 is 2.00 bits per heavy atom. The molecule has 15 nitrogen and oxygen atoms in total. The van der Waals surface area contributed by atoms with E-state index in [4.69, 9.17) is 4.74 Å². The van der Waals surface area contributed by atoms with Crippen molar-refractivity contribution < 1.29 is 32.6 Å². The summed E-state index contributed by atoms with van der Waals surface area (Å²) >= 11 is 2.23. The summed E-state index contributed by atoms with van der Waals surface area (Å²) in [6.07, 6.45) is 0. The minimum Gasteiger partial charge on any atom is -0.462 e. The van der Waals surface area contributed by atoms with Gasteiger partial charge in [-0.2, -0.15) is 0 Å². The van der Waals surface area contributed by atoms with Crippen molar-refractivity contribution in [3.8, 4) is 0 Å². The normalized spacial score (nSPS) is 12.0. The van der Waals surface area contributed by atoms with Gasteiger partial charge in [-0.25, -0.2) is 18.2 Å². The van der Waals surface area contributed by atoms with Crippen LogP contribution in [0.5, 0.6) is 0 Å². The van der Waals surface area contributed by atoms with E-state index < -0.39 is 43.1 Å². The quantitative estimate of drug-likeness (QED) is 0.0802. The number of thiazole rings is 1. The first-order valence-electron chi connectivity index (χ1n) is 14.6. The van der Waals surface area contributed by atoms with E-state index in [-0.39, 0.29) is 38.4 Å². The van der Waals surface area contributed by atoms with Gasteiger partial charge in [-0.05, 0) is 62.4 Å². The molecule has 4 aromatic carbocycles. The average molecular weight is 733 g/mol. The maximum atomic E-state index is 13.4. The molecule has 0 saturated carbocycles. The van der Waals surface area contributed by atoms with Crippen LogP contribution < -0.4 is 14.9 Å². The molecule has 2 N–H and O–H groups in total. The van der Waals surface area contributed by atoms with Crippen molar-refractivity contribution in [3.05, 3.63) is 121 Å². The number of carbonyl (C=O) groups is 2. The van der Waals surface area contributed by atoms with Crippen molar-refractivity contribution in [2.45, 2.75) is 28.5 Å². The number of nitro groups is 2. The van der Waals surface area contributed by atoms with Gasteiger partial charge in [0.1, 0.15) is 4.88 Å². The van der Waals surface area contributed by atoms with E-state index in [0.717, 1.165) is 33.3 Å². The van der Waals surface area contributed by atoms with E-state index in [2.05, 4.69) is 15.0 Å². The third-order valence-corrected chi connectivity index (χ3v) is 10.9. The molecule has 1 aliphatic rings. The molecule has 0 bridgehead atoms. The Labute approximate surface area is 292 Å². The number of carbonyl (C=O) groups excluding carboxylic acids is 2. The fraction of sp³-hybridized carbons (Fsp3) is 0.0938. The number of para-hydroxylation sites is 2. The molecule has 1 amide bonds. The summed E-state index contributed by atoms with van der Waals surface area (Å²) in [7, 11) is -4.16. The molecule has 2 heterocycles. The minimum absolute atomic E-state index is 0.0511. The van der Waals surface area contributed by atoms with Crippen molar-refractivity contribution in [1.82, 2.24) is 4.98 Å². The Bertz CT molecular complexity index is 2230. The van der Waals surface area contributed by atoms with E-state index >= 15 is 0 Å². The van der Waals surface area contributed by atoms with Crippen LogP contribution in [0, 0.1) is 27.2 Å². The highest BCUT2D eigenvalue weighted by atomic mass is 32.2. The van der Waals surface area contributed by atoms with Crippen LogP contribution in [0.15, 0.2) is 99.6 Å². The average Bonchev–Trinajstić information content (AvgIpc) is 3.45.